The van der Waals surface area contributed by atoms with Gasteiger partial charge in [-0.3, -0.25) is 4.90 Å². The van der Waals surface area contributed by atoms with Crippen LogP contribution in [0.15, 0.2) is 66.9 Å². The van der Waals surface area contributed by atoms with Gasteiger partial charge in [-0.2, -0.15) is 0 Å². The topological polar surface area (TPSA) is 28.2 Å². The van der Waals surface area contributed by atoms with Gasteiger partial charge in [-0.25, -0.2) is 9.37 Å². The molecule has 0 radical (unpaired) electrons. The van der Waals surface area contributed by atoms with Gasteiger partial charge in [-0.1, -0.05) is 59.6 Å². The Morgan fingerprint density at radius 1 is 0.906 bits per heavy atom. The van der Waals surface area contributed by atoms with Gasteiger partial charge in [-0.15, -0.1) is 0 Å². The monoisotopic (exact) mass is 469 g/mol. The maximum absolute atomic E-state index is 13.1. The first-order valence-electron chi connectivity index (χ1n) is 11.2. The summed E-state index contributed by atoms with van der Waals surface area (Å²) in [5.41, 5.74) is 2.23. The lowest BCUT2D eigenvalue weighted by Gasteiger charge is -2.44. The van der Waals surface area contributed by atoms with Gasteiger partial charge in [0.15, 0.2) is 0 Å². The Kier molecular flexibility index (Phi) is 6.36. The molecule has 166 valence electrons. The van der Waals surface area contributed by atoms with Gasteiger partial charge in [0.25, 0.3) is 0 Å². The van der Waals surface area contributed by atoms with Crippen LogP contribution in [0.5, 0.6) is 0 Å². The molecule has 2 aromatic carbocycles. The summed E-state index contributed by atoms with van der Waals surface area (Å²) in [5.74, 6) is 0.965. The summed E-state index contributed by atoms with van der Waals surface area (Å²) in [4.78, 5) is 6.79. The van der Waals surface area contributed by atoms with Crippen molar-refractivity contribution in [2.75, 3.05) is 11.9 Å². The van der Waals surface area contributed by atoms with E-state index in [-0.39, 0.29) is 11.9 Å². The first-order chi connectivity index (χ1) is 15.6. The van der Waals surface area contributed by atoms with Gasteiger partial charge in [0.1, 0.15) is 11.6 Å². The second-order valence-corrected chi connectivity index (χ2v) is 9.67. The molecule has 32 heavy (non-hydrogen) atoms. The fourth-order valence-electron chi connectivity index (χ4n) is 5.53. The van der Waals surface area contributed by atoms with E-state index >= 15 is 0 Å². The van der Waals surface area contributed by atoms with Gasteiger partial charge in [0.05, 0.1) is 12.2 Å². The van der Waals surface area contributed by atoms with Crippen LogP contribution in [-0.4, -0.2) is 28.5 Å². The lowest BCUT2D eigenvalue weighted by Crippen LogP contribution is -2.46. The highest BCUT2D eigenvalue weighted by Crippen LogP contribution is 2.48. The van der Waals surface area contributed by atoms with Crippen LogP contribution in [0.1, 0.15) is 42.9 Å². The van der Waals surface area contributed by atoms with Crippen molar-refractivity contribution in [1.82, 2.24) is 9.88 Å². The molecule has 2 unspecified atom stereocenters. The van der Waals surface area contributed by atoms with Crippen molar-refractivity contribution >= 4 is 29.0 Å². The zero-order valence-electron chi connectivity index (χ0n) is 17.7. The predicted molar refractivity (Wildman–Crippen MR) is 129 cm³/mol. The Morgan fingerprint density at radius 2 is 1.50 bits per heavy atom. The van der Waals surface area contributed by atoms with Crippen molar-refractivity contribution in [3.05, 3.63) is 93.8 Å². The number of aromatic nitrogens is 1. The number of fused-ring (bicyclic) bond motifs is 2. The minimum atomic E-state index is -0.313. The fraction of sp³-hybridized carbons (Fsp3) is 0.346. The predicted octanol–water partition coefficient (Wildman–Crippen LogP) is 6.97. The Hall–Kier alpha value is -2.14. The molecule has 2 bridgehead atoms. The van der Waals surface area contributed by atoms with Gasteiger partial charge in [0, 0.05) is 28.7 Å². The van der Waals surface area contributed by atoms with E-state index < -0.39 is 0 Å². The van der Waals surface area contributed by atoms with Crippen molar-refractivity contribution in [3.63, 3.8) is 0 Å². The summed E-state index contributed by atoms with van der Waals surface area (Å²) in [5, 5.41) is 4.96. The molecule has 5 rings (SSSR count). The van der Waals surface area contributed by atoms with Crippen LogP contribution in [0.4, 0.5) is 10.2 Å². The number of benzene rings is 2. The minimum absolute atomic E-state index is 0.0441. The second kappa shape index (κ2) is 9.38. The Labute approximate surface area is 198 Å². The van der Waals surface area contributed by atoms with E-state index in [1.807, 2.05) is 24.3 Å². The zero-order valence-corrected chi connectivity index (χ0v) is 19.2. The molecule has 3 nitrogen and oxygen atoms in total. The van der Waals surface area contributed by atoms with E-state index in [1.165, 1.54) is 25.1 Å². The highest BCUT2D eigenvalue weighted by molar-refractivity contribution is 6.32. The van der Waals surface area contributed by atoms with Gasteiger partial charge < -0.3 is 5.32 Å². The average Bonchev–Trinajstić information content (AvgIpc) is 3.05. The van der Waals surface area contributed by atoms with Crippen molar-refractivity contribution < 1.29 is 4.39 Å². The van der Waals surface area contributed by atoms with Crippen LogP contribution >= 0.6 is 23.2 Å². The summed E-state index contributed by atoms with van der Waals surface area (Å²) in [6.45, 7) is 0.850. The fourth-order valence-corrected chi connectivity index (χ4v) is 6.00. The van der Waals surface area contributed by atoms with Crippen molar-refractivity contribution in [2.45, 2.75) is 43.8 Å². The van der Waals surface area contributed by atoms with Crippen LogP contribution in [-0.2, 0) is 0 Å². The number of pyridine rings is 1. The number of rotatable bonds is 6. The molecule has 0 saturated carbocycles. The SMILES string of the molecule is Fc1ccc(NCC2CC3CCC(C2)N3C(c2ccccc2Cl)c2ccccc2Cl)nc1. The van der Waals surface area contributed by atoms with E-state index in [9.17, 15) is 4.39 Å². The Bertz CT molecular complexity index is 1020. The maximum atomic E-state index is 13.1. The molecule has 0 spiro atoms. The van der Waals surface area contributed by atoms with Crippen LogP contribution in [0.3, 0.4) is 0 Å². The molecule has 2 fully saturated rings. The molecular formula is C26H26Cl2FN3. The van der Waals surface area contributed by atoms with E-state index in [1.54, 1.807) is 6.07 Å². The first kappa shape index (κ1) is 21.7. The third kappa shape index (κ3) is 4.36. The van der Waals surface area contributed by atoms with Crippen LogP contribution in [0.25, 0.3) is 0 Å². The smallest absolute Gasteiger partial charge is 0.141 e. The molecule has 0 aliphatic carbocycles. The molecule has 1 N–H and O–H groups in total. The van der Waals surface area contributed by atoms with Gasteiger partial charge in [0.2, 0.25) is 0 Å². The number of halogens is 3. The normalized spacial score (nSPS) is 22.9. The lowest BCUT2D eigenvalue weighted by molar-refractivity contribution is 0.0777. The van der Waals surface area contributed by atoms with Gasteiger partial charge in [-0.05, 0) is 67.0 Å². The number of piperidine rings is 1. The third-order valence-electron chi connectivity index (χ3n) is 6.88. The molecule has 3 heterocycles. The number of hydrogen-bond acceptors (Lipinski definition) is 3. The van der Waals surface area contributed by atoms with Crippen molar-refractivity contribution in [1.29, 1.82) is 0 Å². The molecule has 0 amide bonds. The quantitative estimate of drug-likeness (QED) is 0.422. The van der Waals surface area contributed by atoms with Crippen LogP contribution in [0, 0.1) is 11.7 Å². The van der Waals surface area contributed by atoms with E-state index in [0.717, 1.165) is 46.4 Å². The highest BCUT2D eigenvalue weighted by atomic mass is 35.5. The van der Waals surface area contributed by atoms with Crippen molar-refractivity contribution in [3.8, 4) is 0 Å². The second-order valence-electron chi connectivity index (χ2n) is 8.86. The van der Waals surface area contributed by atoms with E-state index in [4.69, 9.17) is 23.2 Å². The molecule has 2 saturated heterocycles. The highest BCUT2D eigenvalue weighted by Gasteiger charge is 2.45. The molecule has 2 aliphatic rings. The zero-order chi connectivity index (χ0) is 22.1. The van der Waals surface area contributed by atoms with E-state index in [0.29, 0.717) is 18.0 Å². The van der Waals surface area contributed by atoms with Gasteiger partial charge >= 0.3 is 0 Å². The standard InChI is InChI=1S/C26H26Cl2FN3/c27-23-7-3-1-5-21(23)26(22-6-2-4-8-24(22)28)32-19-10-11-20(32)14-17(13-19)15-30-25-12-9-18(29)16-31-25/h1-9,12,16-17,19-20,26H,10-11,13-15H2,(H,30,31). The number of nitrogens with one attached hydrogen (secondary N) is 1. The maximum Gasteiger partial charge on any atom is 0.141 e. The number of nitrogens with zero attached hydrogens (tertiary/aromatic N) is 2. The van der Waals surface area contributed by atoms with Crippen LogP contribution in [0.2, 0.25) is 10.0 Å². The molecule has 6 heteroatoms. The Balaban J connectivity index is 1.39. The summed E-state index contributed by atoms with van der Waals surface area (Å²) in [7, 11) is 0. The largest absolute Gasteiger partial charge is 0.370 e. The summed E-state index contributed by atoms with van der Waals surface area (Å²) < 4.78 is 13.1. The van der Waals surface area contributed by atoms with Crippen molar-refractivity contribution in [2.24, 2.45) is 5.92 Å². The number of anilines is 1. The van der Waals surface area contributed by atoms with E-state index in [2.05, 4.69) is 39.5 Å². The molecule has 3 aromatic rings. The minimum Gasteiger partial charge on any atom is -0.370 e. The third-order valence-corrected chi connectivity index (χ3v) is 7.57. The molecule has 2 atom stereocenters. The summed E-state index contributed by atoms with van der Waals surface area (Å²) >= 11 is 13.4. The average molecular weight is 470 g/mol. The molecule has 1 aromatic heterocycles. The molecular weight excluding hydrogens is 444 g/mol. The summed E-state index contributed by atoms with van der Waals surface area (Å²) in [6.07, 6.45) is 5.83. The summed E-state index contributed by atoms with van der Waals surface area (Å²) in [6, 6.07) is 20.4. The molecule has 2 aliphatic heterocycles. The Morgan fingerprint density at radius 3 is 2.03 bits per heavy atom. The lowest BCUT2D eigenvalue weighted by atomic mass is 9.86. The first-order valence-corrected chi connectivity index (χ1v) is 12.0. The van der Waals surface area contributed by atoms with Crippen LogP contribution < -0.4 is 5.32 Å². The number of hydrogen-bond donors (Lipinski definition) is 1.